The maximum Gasteiger partial charge on any atom is 0.297 e. The van der Waals surface area contributed by atoms with Crippen LogP contribution in [0.3, 0.4) is 0 Å². The number of aromatic hydroxyl groups is 1. The standard InChI is InChI=1S/C14H14N2O5S/c1-10-3-6-12(7-4-10)22(20,21)15(2)13-8-5-11(17)9-14(13)16(18)19/h3-9,17H,1-2H3. The first-order valence-corrected chi connectivity index (χ1v) is 7.70. The summed E-state index contributed by atoms with van der Waals surface area (Å²) in [6.45, 7) is 1.82. The van der Waals surface area contributed by atoms with Crippen LogP contribution in [0.1, 0.15) is 5.56 Å². The van der Waals surface area contributed by atoms with Crippen LogP contribution in [0, 0.1) is 17.0 Å². The zero-order valence-corrected chi connectivity index (χ0v) is 12.7. The number of aryl methyl sites for hydroxylation is 1. The number of nitrogens with zero attached hydrogens (tertiary/aromatic N) is 2. The molecule has 0 radical (unpaired) electrons. The molecular formula is C14H14N2O5S. The van der Waals surface area contributed by atoms with E-state index in [2.05, 4.69) is 0 Å². The normalized spacial score (nSPS) is 11.2. The van der Waals surface area contributed by atoms with E-state index in [0.29, 0.717) is 0 Å². The van der Waals surface area contributed by atoms with Gasteiger partial charge in [0.2, 0.25) is 0 Å². The Balaban J connectivity index is 2.53. The molecule has 0 spiro atoms. The van der Waals surface area contributed by atoms with Crippen molar-refractivity contribution in [1.29, 1.82) is 0 Å². The average molecular weight is 322 g/mol. The number of hydrogen-bond acceptors (Lipinski definition) is 5. The van der Waals surface area contributed by atoms with Crippen LogP contribution in [0.25, 0.3) is 0 Å². The Morgan fingerprint density at radius 1 is 1.14 bits per heavy atom. The molecule has 0 saturated heterocycles. The third-order valence-corrected chi connectivity index (χ3v) is 4.96. The zero-order valence-electron chi connectivity index (χ0n) is 11.9. The first kappa shape index (κ1) is 15.8. The number of phenols is 1. The number of benzene rings is 2. The lowest BCUT2D eigenvalue weighted by atomic mass is 10.2. The van der Waals surface area contributed by atoms with E-state index >= 15 is 0 Å². The molecular weight excluding hydrogens is 308 g/mol. The number of nitro groups is 1. The zero-order chi connectivity index (χ0) is 16.5. The highest BCUT2D eigenvalue weighted by molar-refractivity contribution is 7.92. The van der Waals surface area contributed by atoms with Crippen molar-refractivity contribution in [3.8, 4) is 5.75 Å². The number of hydrogen-bond donors (Lipinski definition) is 1. The largest absolute Gasteiger partial charge is 0.508 e. The van der Waals surface area contributed by atoms with Gasteiger partial charge in [-0.25, -0.2) is 8.42 Å². The fourth-order valence-electron chi connectivity index (χ4n) is 1.92. The van der Waals surface area contributed by atoms with Crippen molar-refractivity contribution in [2.45, 2.75) is 11.8 Å². The molecule has 2 aromatic rings. The molecule has 2 aromatic carbocycles. The second-order valence-electron chi connectivity index (χ2n) is 4.72. The van der Waals surface area contributed by atoms with Gasteiger partial charge in [-0.05, 0) is 31.2 Å². The predicted octanol–water partition coefficient (Wildman–Crippen LogP) is 2.43. The first-order chi connectivity index (χ1) is 10.2. The fraction of sp³-hybridized carbons (Fsp3) is 0.143. The minimum absolute atomic E-state index is 0.0305. The molecule has 2 rings (SSSR count). The minimum atomic E-state index is -3.93. The van der Waals surface area contributed by atoms with Crippen LogP contribution in [-0.4, -0.2) is 25.5 Å². The van der Waals surface area contributed by atoms with Gasteiger partial charge in [-0.2, -0.15) is 0 Å². The van der Waals surface area contributed by atoms with Crippen LogP contribution in [-0.2, 0) is 10.0 Å². The van der Waals surface area contributed by atoms with Gasteiger partial charge in [-0.1, -0.05) is 17.7 Å². The predicted molar refractivity (Wildman–Crippen MR) is 81.5 cm³/mol. The maximum atomic E-state index is 12.5. The summed E-state index contributed by atoms with van der Waals surface area (Å²) in [5, 5.41) is 20.4. The molecule has 0 unspecified atom stereocenters. The molecule has 7 nitrogen and oxygen atoms in total. The summed E-state index contributed by atoms with van der Waals surface area (Å²) in [5.41, 5.74) is 0.291. The number of sulfonamides is 1. The van der Waals surface area contributed by atoms with E-state index in [4.69, 9.17) is 0 Å². The van der Waals surface area contributed by atoms with Crippen LogP contribution in [0.5, 0.6) is 5.75 Å². The Morgan fingerprint density at radius 3 is 2.27 bits per heavy atom. The summed E-state index contributed by atoms with van der Waals surface area (Å²) in [6.07, 6.45) is 0. The third-order valence-electron chi connectivity index (χ3n) is 3.17. The quantitative estimate of drug-likeness (QED) is 0.688. The third kappa shape index (κ3) is 2.86. The molecule has 0 atom stereocenters. The van der Waals surface area contributed by atoms with Gasteiger partial charge in [0.05, 0.1) is 15.9 Å². The Bertz CT molecular complexity index is 816. The van der Waals surface area contributed by atoms with Crippen LogP contribution in [0.2, 0.25) is 0 Å². The van der Waals surface area contributed by atoms with Crippen molar-refractivity contribution < 1.29 is 18.4 Å². The highest BCUT2D eigenvalue weighted by Crippen LogP contribution is 2.33. The Morgan fingerprint density at radius 2 is 1.73 bits per heavy atom. The van der Waals surface area contributed by atoms with E-state index in [1.165, 1.54) is 31.3 Å². The molecule has 0 bridgehead atoms. The number of rotatable bonds is 4. The van der Waals surface area contributed by atoms with Crippen molar-refractivity contribution in [1.82, 2.24) is 0 Å². The molecule has 0 saturated carbocycles. The second-order valence-corrected chi connectivity index (χ2v) is 6.68. The average Bonchev–Trinajstić information content (AvgIpc) is 2.46. The van der Waals surface area contributed by atoms with Crippen molar-refractivity contribution in [2.75, 3.05) is 11.4 Å². The summed E-state index contributed by atoms with van der Waals surface area (Å²) in [7, 11) is -2.70. The van der Waals surface area contributed by atoms with Gasteiger partial charge in [0.25, 0.3) is 15.7 Å². The summed E-state index contributed by atoms with van der Waals surface area (Å²) in [5.74, 6) is -0.309. The topological polar surface area (TPSA) is 101 Å². The summed E-state index contributed by atoms with van der Waals surface area (Å²) in [4.78, 5) is 10.4. The van der Waals surface area contributed by atoms with Gasteiger partial charge in [-0.3, -0.25) is 14.4 Å². The molecule has 0 aromatic heterocycles. The van der Waals surface area contributed by atoms with Crippen LogP contribution in [0.4, 0.5) is 11.4 Å². The number of phenolic OH excluding ortho intramolecular Hbond substituents is 1. The van der Waals surface area contributed by atoms with Crippen LogP contribution < -0.4 is 4.31 Å². The lowest BCUT2D eigenvalue weighted by Crippen LogP contribution is -2.27. The Hall–Kier alpha value is -2.61. The van der Waals surface area contributed by atoms with Crippen molar-refractivity contribution >= 4 is 21.4 Å². The highest BCUT2D eigenvalue weighted by Gasteiger charge is 2.27. The molecule has 8 heteroatoms. The van der Waals surface area contributed by atoms with Crippen molar-refractivity contribution in [2.24, 2.45) is 0 Å². The molecule has 0 heterocycles. The van der Waals surface area contributed by atoms with E-state index in [1.54, 1.807) is 12.1 Å². The fourth-order valence-corrected chi connectivity index (χ4v) is 3.13. The van der Waals surface area contributed by atoms with Gasteiger partial charge in [0.1, 0.15) is 11.4 Å². The molecule has 0 aliphatic heterocycles. The van der Waals surface area contributed by atoms with Gasteiger partial charge in [0.15, 0.2) is 0 Å². The van der Waals surface area contributed by atoms with Gasteiger partial charge in [-0.15, -0.1) is 0 Å². The lowest BCUT2D eigenvalue weighted by molar-refractivity contribution is -0.384. The highest BCUT2D eigenvalue weighted by atomic mass is 32.2. The lowest BCUT2D eigenvalue weighted by Gasteiger charge is -2.19. The minimum Gasteiger partial charge on any atom is -0.508 e. The maximum absolute atomic E-state index is 12.5. The Kier molecular flexibility index (Phi) is 4.05. The first-order valence-electron chi connectivity index (χ1n) is 6.26. The summed E-state index contributed by atoms with van der Waals surface area (Å²) < 4.78 is 25.9. The second kappa shape index (κ2) is 5.64. The number of anilines is 1. The van der Waals surface area contributed by atoms with E-state index in [1.807, 2.05) is 6.92 Å². The number of nitro benzene ring substituents is 1. The van der Waals surface area contributed by atoms with Gasteiger partial charge in [0, 0.05) is 7.05 Å². The van der Waals surface area contributed by atoms with E-state index in [0.717, 1.165) is 15.9 Å². The van der Waals surface area contributed by atoms with E-state index < -0.39 is 20.6 Å². The van der Waals surface area contributed by atoms with Crippen LogP contribution >= 0.6 is 0 Å². The van der Waals surface area contributed by atoms with Crippen molar-refractivity contribution in [3.05, 3.63) is 58.1 Å². The monoisotopic (exact) mass is 322 g/mol. The molecule has 0 fully saturated rings. The van der Waals surface area contributed by atoms with E-state index in [9.17, 15) is 23.6 Å². The molecule has 0 aliphatic rings. The smallest absolute Gasteiger partial charge is 0.297 e. The molecule has 0 amide bonds. The van der Waals surface area contributed by atoms with Crippen molar-refractivity contribution in [3.63, 3.8) is 0 Å². The molecule has 0 aliphatic carbocycles. The van der Waals surface area contributed by atoms with Gasteiger partial charge >= 0.3 is 0 Å². The molecule has 1 N–H and O–H groups in total. The molecule has 116 valence electrons. The van der Waals surface area contributed by atoms with Gasteiger partial charge < -0.3 is 5.11 Å². The Labute approximate surface area is 127 Å². The van der Waals surface area contributed by atoms with E-state index in [-0.39, 0.29) is 16.3 Å². The van der Waals surface area contributed by atoms with Crippen LogP contribution in [0.15, 0.2) is 47.4 Å². The summed E-state index contributed by atoms with van der Waals surface area (Å²) >= 11 is 0. The SMILES string of the molecule is Cc1ccc(S(=O)(=O)N(C)c2ccc(O)cc2[N+](=O)[O-])cc1. The summed E-state index contributed by atoms with van der Waals surface area (Å²) in [6, 6.07) is 9.47. The molecule has 22 heavy (non-hydrogen) atoms.